The molecular formula is C20H27N5O2. The Morgan fingerprint density at radius 3 is 2.74 bits per heavy atom. The normalized spacial score (nSPS) is 14.1. The third kappa shape index (κ3) is 6.44. The second-order valence-corrected chi connectivity index (χ2v) is 6.96. The van der Waals surface area contributed by atoms with Gasteiger partial charge in [0, 0.05) is 44.5 Å². The smallest absolute Gasteiger partial charge is 0.315 e. The Hall–Kier alpha value is -2.83. The van der Waals surface area contributed by atoms with Gasteiger partial charge in [-0.25, -0.2) is 9.78 Å². The number of imidazole rings is 1. The summed E-state index contributed by atoms with van der Waals surface area (Å²) in [6.07, 6.45) is 10.3. The first kappa shape index (κ1) is 18.9. The van der Waals surface area contributed by atoms with Crippen LogP contribution in [0.2, 0.25) is 0 Å². The van der Waals surface area contributed by atoms with Crippen LogP contribution in [-0.2, 0) is 17.9 Å². The number of carbonyl (C=O) groups is 2. The van der Waals surface area contributed by atoms with E-state index < -0.39 is 0 Å². The Morgan fingerprint density at radius 2 is 1.96 bits per heavy atom. The lowest BCUT2D eigenvalue weighted by molar-refractivity contribution is -0.121. The number of amides is 3. The van der Waals surface area contributed by atoms with Crippen LogP contribution in [0.4, 0.5) is 4.79 Å². The maximum absolute atomic E-state index is 11.9. The van der Waals surface area contributed by atoms with E-state index in [4.69, 9.17) is 0 Å². The number of nitrogens with zero attached hydrogens (tertiary/aromatic N) is 2. The number of hydrogen-bond donors (Lipinski definition) is 3. The van der Waals surface area contributed by atoms with E-state index in [9.17, 15) is 9.59 Å². The number of aromatic nitrogens is 2. The first-order valence-corrected chi connectivity index (χ1v) is 9.53. The Labute approximate surface area is 159 Å². The number of nitrogens with one attached hydrogen (secondary N) is 3. The zero-order valence-corrected chi connectivity index (χ0v) is 15.5. The van der Waals surface area contributed by atoms with E-state index >= 15 is 0 Å². The average Bonchev–Trinajstić information content (AvgIpc) is 3.34. The van der Waals surface area contributed by atoms with Gasteiger partial charge in [0.25, 0.3) is 0 Å². The molecule has 0 bridgehead atoms. The minimum Gasteiger partial charge on any atom is -0.353 e. The van der Waals surface area contributed by atoms with Crippen molar-refractivity contribution in [3.8, 4) is 0 Å². The Bertz CT molecular complexity index is 739. The number of rotatable bonds is 8. The topological polar surface area (TPSA) is 88.1 Å². The summed E-state index contributed by atoms with van der Waals surface area (Å²) >= 11 is 0. The third-order valence-corrected chi connectivity index (χ3v) is 4.73. The quantitative estimate of drug-likeness (QED) is 0.666. The standard InChI is InChI=1S/C20H27N5O2/c26-19(24-18-6-1-2-7-18)8-9-22-20(27)23-13-16-4-3-5-17(12-16)14-25-11-10-21-15-25/h3-5,10-12,15,18H,1-2,6-9,13-14H2,(H,24,26)(H2,22,23,27). The van der Waals surface area contributed by atoms with Crippen molar-refractivity contribution >= 4 is 11.9 Å². The van der Waals surface area contributed by atoms with Crippen molar-refractivity contribution in [2.24, 2.45) is 0 Å². The van der Waals surface area contributed by atoms with Crippen LogP contribution in [0, 0.1) is 0 Å². The molecule has 0 saturated heterocycles. The van der Waals surface area contributed by atoms with Gasteiger partial charge in [0.15, 0.2) is 0 Å². The lowest BCUT2D eigenvalue weighted by Crippen LogP contribution is -2.39. The highest BCUT2D eigenvalue weighted by Crippen LogP contribution is 2.17. The molecule has 1 aliphatic rings. The summed E-state index contributed by atoms with van der Waals surface area (Å²) in [7, 11) is 0. The van der Waals surface area contributed by atoms with E-state index in [2.05, 4.69) is 27.0 Å². The zero-order valence-electron chi connectivity index (χ0n) is 15.5. The van der Waals surface area contributed by atoms with E-state index in [-0.39, 0.29) is 11.9 Å². The molecule has 0 atom stereocenters. The molecule has 1 aromatic heterocycles. The number of hydrogen-bond acceptors (Lipinski definition) is 3. The molecule has 144 valence electrons. The molecule has 1 aromatic carbocycles. The molecule has 3 amide bonds. The maximum atomic E-state index is 11.9. The highest BCUT2D eigenvalue weighted by Gasteiger charge is 2.16. The summed E-state index contributed by atoms with van der Waals surface area (Å²) in [6, 6.07) is 8.13. The van der Waals surface area contributed by atoms with Crippen molar-refractivity contribution in [1.82, 2.24) is 25.5 Å². The van der Waals surface area contributed by atoms with Crippen molar-refractivity contribution in [2.75, 3.05) is 6.54 Å². The average molecular weight is 369 g/mol. The molecule has 0 radical (unpaired) electrons. The zero-order chi connectivity index (χ0) is 18.9. The van der Waals surface area contributed by atoms with Crippen LogP contribution in [0.5, 0.6) is 0 Å². The summed E-state index contributed by atoms with van der Waals surface area (Å²) in [5.74, 6) is 0.00871. The second-order valence-electron chi connectivity index (χ2n) is 6.96. The van der Waals surface area contributed by atoms with Gasteiger partial charge < -0.3 is 20.5 Å². The Kier molecular flexibility index (Phi) is 6.84. The molecule has 1 aliphatic carbocycles. The van der Waals surface area contributed by atoms with Crippen molar-refractivity contribution in [3.63, 3.8) is 0 Å². The van der Waals surface area contributed by atoms with Crippen molar-refractivity contribution in [2.45, 2.75) is 51.2 Å². The lowest BCUT2D eigenvalue weighted by Gasteiger charge is -2.12. The monoisotopic (exact) mass is 369 g/mol. The fourth-order valence-electron chi connectivity index (χ4n) is 3.33. The van der Waals surface area contributed by atoms with E-state index in [1.165, 1.54) is 12.8 Å². The largest absolute Gasteiger partial charge is 0.353 e. The predicted molar refractivity (Wildman–Crippen MR) is 103 cm³/mol. The summed E-state index contributed by atoms with van der Waals surface area (Å²) in [6.45, 7) is 1.53. The van der Waals surface area contributed by atoms with E-state index in [1.807, 2.05) is 29.0 Å². The van der Waals surface area contributed by atoms with Gasteiger partial charge in [0.1, 0.15) is 0 Å². The van der Waals surface area contributed by atoms with E-state index in [1.54, 1.807) is 12.5 Å². The van der Waals surface area contributed by atoms with Gasteiger partial charge in [0.2, 0.25) is 5.91 Å². The van der Waals surface area contributed by atoms with Gasteiger partial charge in [-0.3, -0.25) is 4.79 Å². The highest BCUT2D eigenvalue weighted by atomic mass is 16.2. The van der Waals surface area contributed by atoms with Crippen LogP contribution in [0.15, 0.2) is 43.0 Å². The molecule has 7 nitrogen and oxygen atoms in total. The fraction of sp³-hybridized carbons (Fsp3) is 0.450. The number of benzene rings is 1. The fourth-order valence-corrected chi connectivity index (χ4v) is 3.33. The predicted octanol–water partition coefficient (Wildman–Crippen LogP) is 2.18. The van der Waals surface area contributed by atoms with Crippen LogP contribution in [-0.4, -0.2) is 34.1 Å². The van der Waals surface area contributed by atoms with Gasteiger partial charge in [-0.15, -0.1) is 0 Å². The van der Waals surface area contributed by atoms with Crippen LogP contribution >= 0.6 is 0 Å². The van der Waals surface area contributed by atoms with Gasteiger partial charge in [0.05, 0.1) is 6.33 Å². The molecule has 1 saturated carbocycles. The molecule has 1 heterocycles. The Balaban J connectivity index is 1.34. The first-order chi connectivity index (χ1) is 13.2. The van der Waals surface area contributed by atoms with Gasteiger partial charge in [-0.1, -0.05) is 37.1 Å². The molecule has 0 spiro atoms. The molecule has 0 aliphatic heterocycles. The second kappa shape index (κ2) is 9.75. The molecule has 7 heteroatoms. The van der Waals surface area contributed by atoms with Crippen LogP contribution in [0.25, 0.3) is 0 Å². The molecule has 2 aromatic rings. The molecule has 3 rings (SSSR count). The van der Waals surface area contributed by atoms with Crippen LogP contribution in [0.1, 0.15) is 43.2 Å². The minimum atomic E-state index is -0.260. The van der Waals surface area contributed by atoms with Crippen LogP contribution < -0.4 is 16.0 Å². The van der Waals surface area contributed by atoms with E-state index in [0.717, 1.165) is 30.5 Å². The molecule has 1 fully saturated rings. The summed E-state index contributed by atoms with van der Waals surface area (Å²) in [5.41, 5.74) is 2.18. The molecule has 27 heavy (non-hydrogen) atoms. The number of urea groups is 1. The van der Waals surface area contributed by atoms with Crippen molar-refractivity contribution in [3.05, 3.63) is 54.1 Å². The van der Waals surface area contributed by atoms with Crippen molar-refractivity contribution in [1.29, 1.82) is 0 Å². The first-order valence-electron chi connectivity index (χ1n) is 9.53. The van der Waals surface area contributed by atoms with Gasteiger partial charge in [-0.2, -0.15) is 0 Å². The van der Waals surface area contributed by atoms with Crippen molar-refractivity contribution < 1.29 is 9.59 Å². The lowest BCUT2D eigenvalue weighted by atomic mass is 10.1. The highest BCUT2D eigenvalue weighted by molar-refractivity contribution is 5.78. The summed E-state index contributed by atoms with van der Waals surface area (Å²) in [4.78, 5) is 27.8. The Morgan fingerprint density at radius 1 is 1.15 bits per heavy atom. The molecular weight excluding hydrogens is 342 g/mol. The SMILES string of the molecule is O=C(CCNC(=O)NCc1cccc(Cn2ccnc2)c1)NC1CCCC1. The van der Waals surface area contributed by atoms with Gasteiger partial charge in [-0.05, 0) is 24.0 Å². The maximum Gasteiger partial charge on any atom is 0.315 e. The van der Waals surface area contributed by atoms with Crippen LogP contribution in [0.3, 0.4) is 0 Å². The van der Waals surface area contributed by atoms with Gasteiger partial charge >= 0.3 is 6.03 Å². The summed E-state index contributed by atoms with van der Waals surface area (Å²) in [5, 5.41) is 8.58. The third-order valence-electron chi connectivity index (χ3n) is 4.73. The molecule has 0 unspecified atom stereocenters. The molecule has 3 N–H and O–H groups in total. The van der Waals surface area contributed by atoms with E-state index in [0.29, 0.717) is 25.6 Å². The summed E-state index contributed by atoms with van der Waals surface area (Å²) < 4.78 is 2.00. The minimum absolute atomic E-state index is 0.00871. The number of carbonyl (C=O) groups excluding carboxylic acids is 2.